The summed E-state index contributed by atoms with van der Waals surface area (Å²) < 4.78 is 1.59. The molecule has 208 valence electrons. The Kier molecular flexibility index (Phi) is 7.97. The van der Waals surface area contributed by atoms with Gasteiger partial charge in [0.1, 0.15) is 24.3 Å². The van der Waals surface area contributed by atoms with E-state index in [-0.39, 0.29) is 36.1 Å². The van der Waals surface area contributed by atoms with Crippen LogP contribution >= 0.6 is 0 Å². The van der Waals surface area contributed by atoms with Crippen molar-refractivity contribution < 1.29 is 14.4 Å². The molecule has 2 fully saturated rings. The molecule has 1 saturated heterocycles. The lowest BCUT2D eigenvalue weighted by Crippen LogP contribution is -2.52. The average Bonchev–Trinajstić information content (AvgIpc) is 3.58. The number of nitrogens with zero attached hydrogens (tertiary/aromatic N) is 6. The Labute approximate surface area is 234 Å². The minimum Gasteiger partial charge on any atom is -0.354 e. The van der Waals surface area contributed by atoms with Gasteiger partial charge in [-0.2, -0.15) is 5.26 Å². The maximum Gasteiger partial charge on any atom is 0.239 e. The van der Waals surface area contributed by atoms with Crippen molar-refractivity contribution in [1.29, 1.82) is 5.26 Å². The summed E-state index contributed by atoms with van der Waals surface area (Å²) in [4.78, 5) is 50.9. The molecule has 1 saturated carbocycles. The SMILES string of the molecule is CC(C(=O)n1ccc2c(N(C)[C@H]3CN(C(=O)CC#N)CC[C@H]3C)ncnc21)c1ccc(CC2CCCC2=O)cc1. The predicted molar refractivity (Wildman–Crippen MR) is 152 cm³/mol. The molecule has 9 heteroatoms. The van der Waals surface area contributed by atoms with Crippen molar-refractivity contribution in [3.05, 3.63) is 54.0 Å². The van der Waals surface area contributed by atoms with Crippen molar-refractivity contribution in [3.63, 3.8) is 0 Å². The third kappa shape index (κ3) is 5.35. The fourth-order valence-electron chi connectivity index (χ4n) is 6.19. The Morgan fingerprint density at radius 2 is 1.95 bits per heavy atom. The number of likely N-dealkylation sites (N-methyl/N-ethyl adjacent to an activating group) is 1. The second-order valence-corrected chi connectivity index (χ2v) is 11.3. The zero-order chi connectivity index (χ0) is 28.4. The van der Waals surface area contributed by atoms with E-state index in [4.69, 9.17) is 5.26 Å². The van der Waals surface area contributed by atoms with E-state index in [9.17, 15) is 14.4 Å². The van der Waals surface area contributed by atoms with Gasteiger partial charge in [-0.3, -0.25) is 19.0 Å². The van der Waals surface area contributed by atoms with Crippen LogP contribution in [-0.2, 0) is 16.0 Å². The fourth-order valence-corrected chi connectivity index (χ4v) is 6.19. The quantitative estimate of drug-likeness (QED) is 0.437. The number of carbonyl (C=O) groups excluding carboxylic acids is 3. The van der Waals surface area contributed by atoms with Gasteiger partial charge in [-0.25, -0.2) is 9.97 Å². The van der Waals surface area contributed by atoms with Gasteiger partial charge in [0.15, 0.2) is 5.65 Å². The van der Waals surface area contributed by atoms with Gasteiger partial charge >= 0.3 is 0 Å². The number of nitriles is 1. The van der Waals surface area contributed by atoms with Crippen LogP contribution in [0.25, 0.3) is 11.0 Å². The number of anilines is 1. The van der Waals surface area contributed by atoms with Crippen LogP contribution in [0.5, 0.6) is 0 Å². The van der Waals surface area contributed by atoms with E-state index in [1.165, 1.54) is 6.33 Å². The number of piperidine rings is 1. The highest BCUT2D eigenvalue weighted by atomic mass is 16.2. The van der Waals surface area contributed by atoms with Crippen molar-refractivity contribution in [2.24, 2.45) is 11.8 Å². The Bertz CT molecular complexity index is 1460. The van der Waals surface area contributed by atoms with E-state index in [0.29, 0.717) is 42.7 Å². The molecule has 1 aromatic carbocycles. The highest BCUT2D eigenvalue weighted by Gasteiger charge is 2.33. The number of hydrogen-bond donors (Lipinski definition) is 0. The highest BCUT2D eigenvalue weighted by Crippen LogP contribution is 2.31. The first-order valence-electron chi connectivity index (χ1n) is 14.1. The van der Waals surface area contributed by atoms with Gasteiger partial charge in [0, 0.05) is 38.7 Å². The Morgan fingerprint density at radius 3 is 2.65 bits per heavy atom. The molecule has 3 aromatic rings. The molecule has 2 unspecified atom stereocenters. The zero-order valence-corrected chi connectivity index (χ0v) is 23.4. The van der Waals surface area contributed by atoms with Gasteiger partial charge in [-0.1, -0.05) is 31.2 Å². The summed E-state index contributed by atoms with van der Waals surface area (Å²) in [7, 11) is 1.96. The van der Waals surface area contributed by atoms with Crippen LogP contribution in [0.3, 0.4) is 0 Å². The smallest absolute Gasteiger partial charge is 0.239 e. The summed E-state index contributed by atoms with van der Waals surface area (Å²) in [6.45, 7) is 5.23. The van der Waals surface area contributed by atoms with E-state index < -0.39 is 0 Å². The van der Waals surface area contributed by atoms with Crippen molar-refractivity contribution in [2.75, 3.05) is 25.0 Å². The minimum absolute atomic E-state index is 0.0190. The topological polar surface area (TPSA) is 112 Å². The molecule has 3 heterocycles. The van der Waals surface area contributed by atoms with E-state index >= 15 is 0 Å². The molecule has 1 aliphatic carbocycles. The number of rotatable bonds is 7. The number of fused-ring (bicyclic) bond motifs is 1. The Hall–Kier alpha value is -4.06. The first-order valence-corrected chi connectivity index (χ1v) is 14.1. The average molecular weight is 541 g/mol. The Morgan fingerprint density at radius 1 is 1.18 bits per heavy atom. The van der Waals surface area contributed by atoms with Crippen LogP contribution in [0.2, 0.25) is 0 Å². The van der Waals surface area contributed by atoms with Crippen LogP contribution < -0.4 is 4.90 Å². The second-order valence-electron chi connectivity index (χ2n) is 11.3. The number of carbonyl (C=O) groups is 3. The van der Waals surface area contributed by atoms with Crippen LogP contribution in [0.4, 0.5) is 5.82 Å². The Balaban J connectivity index is 1.34. The first kappa shape index (κ1) is 27.5. The number of ketones is 1. The summed E-state index contributed by atoms with van der Waals surface area (Å²) in [5.74, 6) is 0.905. The normalized spacial score (nSPS) is 21.8. The molecule has 1 aliphatic heterocycles. The molecule has 5 rings (SSSR count). The number of hydrogen-bond acceptors (Lipinski definition) is 7. The predicted octanol–water partition coefficient (Wildman–Crippen LogP) is 4.37. The number of benzene rings is 1. The highest BCUT2D eigenvalue weighted by molar-refractivity contribution is 5.97. The molecule has 0 N–H and O–H groups in total. The van der Waals surface area contributed by atoms with Crippen molar-refractivity contribution in [3.8, 4) is 6.07 Å². The molecular weight excluding hydrogens is 504 g/mol. The van der Waals surface area contributed by atoms with E-state index in [1.807, 2.05) is 50.4 Å². The molecule has 0 bridgehead atoms. The number of Topliss-reactive ketones (excluding diaryl/α,β-unsaturated/α-hetero) is 1. The fraction of sp³-hybridized carbons (Fsp3) is 0.484. The molecule has 1 amide bonds. The number of likely N-dealkylation sites (tertiary alicyclic amines) is 1. The molecule has 40 heavy (non-hydrogen) atoms. The van der Waals surface area contributed by atoms with E-state index in [2.05, 4.69) is 21.8 Å². The summed E-state index contributed by atoms with van der Waals surface area (Å²) in [5.41, 5.74) is 2.59. The van der Waals surface area contributed by atoms with Crippen LogP contribution in [0.15, 0.2) is 42.9 Å². The molecular formula is C31H36N6O3. The summed E-state index contributed by atoms with van der Waals surface area (Å²) in [5, 5.41) is 9.73. The van der Waals surface area contributed by atoms with E-state index in [0.717, 1.165) is 42.2 Å². The van der Waals surface area contributed by atoms with Crippen molar-refractivity contribution in [2.45, 2.75) is 64.3 Å². The van der Waals surface area contributed by atoms with Gasteiger partial charge in [0.05, 0.1) is 23.4 Å². The molecule has 2 aromatic heterocycles. The van der Waals surface area contributed by atoms with Crippen LogP contribution in [0.1, 0.15) is 67.8 Å². The van der Waals surface area contributed by atoms with Gasteiger partial charge in [-0.05, 0) is 55.7 Å². The molecule has 0 radical (unpaired) electrons. The minimum atomic E-state index is -0.382. The van der Waals surface area contributed by atoms with Gasteiger partial charge in [0.25, 0.3) is 0 Å². The summed E-state index contributed by atoms with van der Waals surface area (Å²) in [6, 6.07) is 11.9. The zero-order valence-electron chi connectivity index (χ0n) is 23.4. The largest absolute Gasteiger partial charge is 0.354 e. The lowest BCUT2D eigenvalue weighted by atomic mass is 9.92. The second kappa shape index (κ2) is 11.6. The molecule has 2 aliphatic rings. The van der Waals surface area contributed by atoms with Crippen molar-refractivity contribution in [1.82, 2.24) is 19.4 Å². The van der Waals surface area contributed by atoms with Gasteiger partial charge in [-0.15, -0.1) is 0 Å². The lowest BCUT2D eigenvalue weighted by Gasteiger charge is -2.42. The summed E-state index contributed by atoms with van der Waals surface area (Å²) in [6.07, 6.45) is 7.37. The standard InChI is InChI=1S/C31H36N6O3/c1-20-12-15-36(28(39)11-14-32)18-26(20)35(3)29-25-13-16-37(30(25)34-19-33-29)31(40)21(2)23-9-7-22(8-10-23)17-24-5-4-6-27(24)38/h7-10,13,16,19-21,24,26H,4-6,11-12,15,17-18H2,1-3H3/t20-,21?,24?,26+/m1/s1. The third-order valence-corrected chi connectivity index (χ3v) is 8.79. The maximum absolute atomic E-state index is 13.6. The first-order chi connectivity index (χ1) is 19.3. The van der Waals surface area contributed by atoms with E-state index in [1.54, 1.807) is 15.7 Å². The molecule has 0 spiro atoms. The lowest BCUT2D eigenvalue weighted by molar-refractivity contribution is -0.131. The number of aromatic nitrogens is 3. The van der Waals surface area contributed by atoms with Gasteiger partial charge < -0.3 is 9.80 Å². The molecule has 9 nitrogen and oxygen atoms in total. The van der Waals surface area contributed by atoms with Crippen LogP contribution in [0, 0.1) is 23.2 Å². The maximum atomic E-state index is 13.6. The van der Waals surface area contributed by atoms with Gasteiger partial charge in [0.2, 0.25) is 11.8 Å². The third-order valence-electron chi connectivity index (χ3n) is 8.79. The van der Waals surface area contributed by atoms with Crippen LogP contribution in [-0.4, -0.2) is 63.2 Å². The number of amides is 1. The van der Waals surface area contributed by atoms with Crippen molar-refractivity contribution >= 4 is 34.4 Å². The molecule has 4 atom stereocenters. The summed E-state index contributed by atoms with van der Waals surface area (Å²) >= 11 is 0. The monoisotopic (exact) mass is 540 g/mol.